The quantitative estimate of drug-likeness (QED) is 0.870. The number of nitrogens with two attached hydrogens (primary N) is 1. The number of piperidine rings is 1. The summed E-state index contributed by atoms with van der Waals surface area (Å²) < 4.78 is 5.37. The zero-order valence-electron chi connectivity index (χ0n) is 12.0. The predicted molar refractivity (Wildman–Crippen MR) is 80.8 cm³/mol. The van der Waals surface area contributed by atoms with E-state index < -0.39 is 0 Å². The van der Waals surface area contributed by atoms with E-state index in [1.54, 1.807) is 21.2 Å². The molecule has 0 saturated carbocycles. The Morgan fingerprint density at radius 1 is 1.55 bits per heavy atom. The van der Waals surface area contributed by atoms with Crippen LogP contribution >= 0.6 is 11.3 Å². The van der Waals surface area contributed by atoms with Crippen molar-refractivity contribution in [2.45, 2.75) is 18.9 Å². The molecule has 2 rings (SSSR count). The zero-order valence-corrected chi connectivity index (χ0v) is 12.9. The first-order valence-electron chi connectivity index (χ1n) is 6.56. The minimum Gasteiger partial charge on any atom is -0.492 e. The van der Waals surface area contributed by atoms with Gasteiger partial charge in [-0.2, -0.15) is 0 Å². The molecule has 0 aromatic carbocycles. The normalized spacial score (nSPS) is 19.0. The smallest absolute Gasteiger partial charge is 0.265 e. The number of nitrogen functional groups attached to an aromatic ring is 1. The molecule has 1 aliphatic heterocycles. The van der Waals surface area contributed by atoms with Gasteiger partial charge in [0.2, 0.25) is 0 Å². The Labute approximate surface area is 122 Å². The number of amides is 1. The molecule has 1 fully saturated rings. The number of thiophene rings is 1. The monoisotopic (exact) mass is 299 g/mol. The van der Waals surface area contributed by atoms with E-state index in [0.717, 1.165) is 24.4 Å². The Balaban J connectivity index is 2.37. The molecular weight excluding hydrogens is 278 g/mol. The second kappa shape index (κ2) is 5.88. The van der Waals surface area contributed by atoms with Gasteiger partial charge in [-0.3, -0.25) is 4.79 Å². The summed E-state index contributed by atoms with van der Waals surface area (Å²) in [6.07, 6.45) is 1.38. The number of hydrogen-bond donors (Lipinski definition) is 2. The maximum absolute atomic E-state index is 12.1. The Morgan fingerprint density at radius 2 is 2.25 bits per heavy atom. The van der Waals surface area contributed by atoms with Crippen LogP contribution in [0.5, 0.6) is 5.75 Å². The summed E-state index contributed by atoms with van der Waals surface area (Å²) in [6, 6.07) is 0. The summed E-state index contributed by atoms with van der Waals surface area (Å²) in [5, 5.41) is 10.6. The van der Waals surface area contributed by atoms with Crippen molar-refractivity contribution in [1.29, 1.82) is 0 Å². The lowest BCUT2D eigenvalue weighted by atomic mass is 10.1. The second-order valence-electron chi connectivity index (χ2n) is 5.12. The lowest BCUT2D eigenvalue weighted by molar-refractivity contribution is 0.0833. The average molecular weight is 299 g/mol. The molecule has 1 atom stereocenters. The van der Waals surface area contributed by atoms with E-state index in [1.165, 1.54) is 16.2 Å². The van der Waals surface area contributed by atoms with Crippen LogP contribution in [-0.4, -0.2) is 56.3 Å². The largest absolute Gasteiger partial charge is 0.492 e. The van der Waals surface area contributed by atoms with Crippen LogP contribution in [0.1, 0.15) is 22.5 Å². The summed E-state index contributed by atoms with van der Waals surface area (Å²) >= 11 is 1.33. The van der Waals surface area contributed by atoms with Gasteiger partial charge >= 0.3 is 0 Å². The number of carbonyl (C=O) groups excluding carboxylic acids is 1. The number of ether oxygens (including phenoxy) is 1. The van der Waals surface area contributed by atoms with Crippen molar-refractivity contribution in [3.8, 4) is 5.75 Å². The second-order valence-corrected chi connectivity index (χ2v) is 6.12. The van der Waals surface area contributed by atoms with E-state index in [2.05, 4.69) is 0 Å². The third-order valence-corrected chi connectivity index (χ3v) is 4.61. The molecule has 0 radical (unpaired) electrons. The van der Waals surface area contributed by atoms with E-state index in [9.17, 15) is 9.90 Å². The van der Waals surface area contributed by atoms with Crippen molar-refractivity contribution >= 4 is 27.9 Å². The average Bonchev–Trinajstić information content (AvgIpc) is 2.74. The molecule has 7 heteroatoms. The van der Waals surface area contributed by atoms with Crippen LogP contribution in [0.25, 0.3) is 0 Å². The molecular formula is C13H21N3O3S. The first kappa shape index (κ1) is 14.9. The molecule has 20 heavy (non-hydrogen) atoms. The van der Waals surface area contributed by atoms with Gasteiger partial charge in [-0.05, 0) is 12.8 Å². The van der Waals surface area contributed by atoms with Crippen molar-refractivity contribution in [2.75, 3.05) is 44.9 Å². The molecule has 112 valence electrons. The number of aliphatic hydroxyl groups is 1. The highest BCUT2D eigenvalue weighted by Gasteiger charge is 2.28. The van der Waals surface area contributed by atoms with Gasteiger partial charge in [0, 0.05) is 27.2 Å². The number of nitrogens with zero attached hydrogens (tertiary/aromatic N) is 2. The van der Waals surface area contributed by atoms with Gasteiger partial charge in [0.1, 0.15) is 15.6 Å². The Bertz CT molecular complexity index is 501. The molecule has 0 bridgehead atoms. The topological polar surface area (TPSA) is 79.0 Å². The number of rotatable bonds is 3. The zero-order chi connectivity index (χ0) is 14.9. The Morgan fingerprint density at radius 3 is 2.80 bits per heavy atom. The molecule has 6 nitrogen and oxygen atoms in total. The standard InChI is InChI=1S/C13H21N3O3S/c1-15(2)12(18)11-9(14)10(19-3)13(20-11)16-6-4-5-8(17)7-16/h8,17H,4-7,14H2,1-3H3. The number of β-amino-alcohol motifs (C(OH)–C–C–N with tert-alkyl or cyclic N) is 1. The first-order chi connectivity index (χ1) is 9.45. The van der Waals surface area contributed by atoms with Crippen LogP contribution in [0.2, 0.25) is 0 Å². The van der Waals surface area contributed by atoms with Gasteiger partial charge in [-0.25, -0.2) is 0 Å². The number of methoxy groups -OCH3 is 1. The number of anilines is 2. The summed E-state index contributed by atoms with van der Waals surface area (Å²) in [5.74, 6) is 0.406. The van der Waals surface area contributed by atoms with Gasteiger partial charge < -0.3 is 25.4 Å². The van der Waals surface area contributed by atoms with Crippen molar-refractivity contribution in [3.63, 3.8) is 0 Å². The van der Waals surface area contributed by atoms with E-state index in [0.29, 0.717) is 22.9 Å². The highest BCUT2D eigenvalue weighted by molar-refractivity contribution is 7.19. The number of carbonyl (C=O) groups is 1. The third-order valence-electron chi connectivity index (χ3n) is 3.37. The molecule has 1 aromatic rings. The predicted octanol–water partition coefficient (Wildman–Crippen LogP) is 1.00. The molecule has 1 saturated heterocycles. The fraction of sp³-hybridized carbons (Fsp3) is 0.615. The number of aliphatic hydroxyl groups excluding tert-OH is 1. The van der Waals surface area contributed by atoms with Crippen LogP contribution in [0, 0.1) is 0 Å². The SMILES string of the molecule is COc1c(N2CCCC(O)C2)sc(C(=O)N(C)C)c1N. The van der Waals surface area contributed by atoms with Gasteiger partial charge in [0.25, 0.3) is 5.91 Å². The molecule has 1 unspecified atom stereocenters. The van der Waals surface area contributed by atoms with Crippen LogP contribution in [-0.2, 0) is 0 Å². The molecule has 3 N–H and O–H groups in total. The van der Waals surface area contributed by atoms with E-state index >= 15 is 0 Å². The van der Waals surface area contributed by atoms with E-state index in [1.807, 2.05) is 4.90 Å². The minimum absolute atomic E-state index is 0.130. The van der Waals surface area contributed by atoms with Gasteiger partial charge in [0.15, 0.2) is 5.75 Å². The highest BCUT2D eigenvalue weighted by Crippen LogP contribution is 2.45. The molecule has 1 amide bonds. The summed E-state index contributed by atoms with van der Waals surface area (Å²) in [6.45, 7) is 1.38. The maximum atomic E-state index is 12.1. The Kier molecular flexibility index (Phi) is 4.39. The summed E-state index contributed by atoms with van der Waals surface area (Å²) in [4.78, 5) is 16.2. The summed E-state index contributed by atoms with van der Waals surface area (Å²) in [5.41, 5.74) is 6.42. The molecule has 1 aromatic heterocycles. The lowest BCUT2D eigenvalue weighted by Gasteiger charge is -2.31. The Hall–Kier alpha value is -1.47. The van der Waals surface area contributed by atoms with E-state index in [-0.39, 0.29) is 12.0 Å². The van der Waals surface area contributed by atoms with Crippen molar-refractivity contribution < 1.29 is 14.6 Å². The summed E-state index contributed by atoms with van der Waals surface area (Å²) in [7, 11) is 4.93. The van der Waals surface area contributed by atoms with Crippen molar-refractivity contribution in [1.82, 2.24) is 4.90 Å². The molecule has 1 aliphatic rings. The fourth-order valence-corrected chi connectivity index (χ4v) is 3.57. The van der Waals surface area contributed by atoms with Gasteiger partial charge in [-0.1, -0.05) is 0 Å². The highest BCUT2D eigenvalue weighted by atomic mass is 32.1. The van der Waals surface area contributed by atoms with Crippen LogP contribution in [0.15, 0.2) is 0 Å². The third kappa shape index (κ3) is 2.69. The number of hydrogen-bond acceptors (Lipinski definition) is 6. The van der Waals surface area contributed by atoms with Gasteiger partial charge in [0.05, 0.1) is 13.2 Å². The van der Waals surface area contributed by atoms with Gasteiger partial charge in [-0.15, -0.1) is 11.3 Å². The van der Waals surface area contributed by atoms with Crippen molar-refractivity contribution in [2.24, 2.45) is 0 Å². The van der Waals surface area contributed by atoms with Crippen LogP contribution < -0.4 is 15.4 Å². The molecule has 0 spiro atoms. The van der Waals surface area contributed by atoms with Crippen LogP contribution in [0.4, 0.5) is 10.7 Å². The van der Waals surface area contributed by atoms with Crippen LogP contribution in [0.3, 0.4) is 0 Å². The molecule has 0 aliphatic carbocycles. The first-order valence-corrected chi connectivity index (χ1v) is 7.38. The maximum Gasteiger partial charge on any atom is 0.265 e. The molecule has 2 heterocycles. The van der Waals surface area contributed by atoms with Crippen molar-refractivity contribution in [3.05, 3.63) is 4.88 Å². The minimum atomic E-state index is -0.343. The fourth-order valence-electron chi connectivity index (χ4n) is 2.32. The van der Waals surface area contributed by atoms with E-state index in [4.69, 9.17) is 10.5 Å². The lowest BCUT2D eigenvalue weighted by Crippen LogP contribution is -2.37.